The molecule has 0 aliphatic carbocycles. The minimum Gasteiger partial charge on any atom is -0.255 e. The van der Waals surface area contributed by atoms with Crippen molar-refractivity contribution < 1.29 is 0 Å². The van der Waals surface area contributed by atoms with Gasteiger partial charge in [-0.05, 0) is 145 Å². The lowest BCUT2D eigenvalue weighted by atomic mass is 9.96. The van der Waals surface area contributed by atoms with E-state index >= 15 is 0 Å². The number of hydrogen-bond donors (Lipinski definition) is 0. The summed E-state index contributed by atoms with van der Waals surface area (Å²) in [5, 5.41) is 0. The van der Waals surface area contributed by atoms with Crippen molar-refractivity contribution in [2.24, 2.45) is 0 Å². The first-order valence-electron chi connectivity index (χ1n) is 22.2. The van der Waals surface area contributed by atoms with Crippen molar-refractivity contribution in [3.05, 3.63) is 157 Å². The van der Waals surface area contributed by atoms with Crippen molar-refractivity contribution in [2.75, 3.05) is 0 Å². The Labute approximate surface area is 383 Å². The molecule has 314 valence electrons. The second kappa shape index (κ2) is 20.5. The molecule has 0 N–H and O–H groups in total. The number of nitrogens with zero attached hydrogens (tertiary/aromatic N) is 6. The number of hydrogen-bond acceptors (Lipinski definition) is 9. The van der Waals surface area contributed by atoms with Gasteiger partial charge < -0.3 is 0 Å². The summed E-state index contributed by atoms with van der Waals surface area (Å²) in [4.78, 5) is 36.7. The molecule has 0 unspecified atom stereocenters. The fourth-order valence-electron chi connectivity index (χ4n) is 8.04. The van der Waals surface area contributed by atoms with E-state index < -0.39 is 0 Å². The van der Waals surface area contributed by atoms with Gasteiger partial charge in [-0.25, -0.2) is 9.97 Å². The van der Waals surface area contributed by atoms with Gasteiger partial charge >= 0.3 is 0 Å². The van der Waals surface area contributed by atoms with Gasteiger partial charge in [-0.15, -0.1) is 34.0 Å². The summed E-state index contributed by atoms with van der Waals surface area (Å²) in [6.07, 6.45) is 19.4. The molecule has 0 spiro atoms. The zero-order valence-electron chi connectivity index (χ0n) is 35.8. The summed E-state index contributed by atoms with van der Waals surface area (Å²) in [6, 6.07) is 42.0. The fraction of sp³-hybridized carbons (Fsp3) is 0.222. The van der Waals surface area contributed by atoms with Crippen LogP contribution in [-0.4, -0.2) is 29.9 Å². The Morgan fingerprint density at radius 3 is 1.02 bits per heavy atom. The van der Waals surface area contributed by atoms with E-state index in [1.54, 1.807) is 11.1 Å². The molecule has 6 nitrogen and oxygen atoms in total. The van der Waals surface area contributed by atoms with Crippen molar-refractivity contribution in [3.8, 4) is 85.9 Å². The predicted octanol–water partition coefficient (Wildman–Crippen LogP) is 15.8. The highest BCUT2D eigenvalue weighted by Gasteiger charge is 2.24. The van der Waals surface area contributed by atoms with E-state index in [0.717, 1.165) is 69.5 Å². The van der Waals surface area contributed by atoms with E-state index in [1.165, 1.54) is 80.6 Å². The molecule has 0 atom stereocenters. The molecule has 9 rings (SSSR count). The summed E-state index contributed by atoms with van der Waals surface area (Å²) in [7, 11) is 0. The van der Waals surface area contributed by atoms with Gasteiger partial charge in [-0.2, -0.15) is 0 Å². The van der Waals surface area contributed by atoms with E-state index in [4.69, 9.17) is 9.97 Å². The monoisotopic (exact) mass is 878 g/mol. The minimum absolute atomic E-state index is 0.843. The first kappa shape index (κ1) is 42.3. The highest BCUT2D eigenvalue weighted by molar-refractivity contribution is 7.28. The van der Waals surface area contributed by atoms with E-state index in [9.17, 15) is 0 Å². The Bertz CT molecular complexity index is 2560. The second-order valence-electron chi connectivity index (χ2n) is 15.8. The molecule has 9 heterocycles. The maximum atomic E-state index is 5.05. The highest BCUT2D eigenvalue weighted by atomic mass is 32.1. The van der Waals surface area contributed by atoms with Gasteiger partial charge in [0.25, 0.3) is 0 Å². The van der Waals surface area contributed by atoms with Crippen LogP contribution in [0.3, 0.4) is 0 Å². The van der Waals surface area contributed by atoms with Gasteiger partial charge in [0.2, 0.25) is 0 Å². The van der Waals surface area contributed by atoms with Gasteiger partial charge in [-0.1, -0.05) is 76.6 Å². The predicted molar refractivity (Wildman–Crippen MR) is 266 cm³/mol. The first-order valence-corrected chi connectivity index (χ1v) is 24.7. The molecule has 0 fully saturated rings. The Kier molecular flexibility index (Phi) is 13.7. The smallest absolute Gasteiger partial charge is 0.0900 e. The number of pyridine rings is 6. The molecule has 0 aromatic carbocycles. The fourth-order valence-corrected chi connectivity index (χ4v) is 11.7. The molecule has 0 aliphatic rings. The normalized spacial score (nSPS) is 11.3. The van der Waals surface area contributed by atoms with Crippen LogP contribution in [-0.2, 0) is 12.8 Å². The summed E-state index contributed by atoms with van der Waals surface area (Å²) < 4.78 is 0. The maximum absolute atomic E-state index is 5.05. The van der Waals surface area contributed by atoms with Crippen molar-refractivity contribution in [3.63, 3.8) is 0 Å². The quantitative estimate of drug-likeness (QED) is 0.0799. The molecule has 0 saturated carbocycles. The van der Waals surface area contributed by atoms with Crippen molar-refractivity contribution in [2.45, 2.75) is 78.1 Å². The molecule has 9 aromatic heterocycles. The molecule has 9 heteroatoms. The Morgan fingerprint density at radius 2 is 0.698 bits per heavy atom. The lowest BCUT2D eigenvalue weighted by Crippen LogP contribution is -1.95. The second-order valence-corrected chi connectivity index (χ2v) is 19.0. The zero-order valence-corrected chi connectivity index (χ0v) is 38.3. The third-order valence-corrected chi connectivity index (χ3v) is 15.2. The molecule has 0 bridgehead atoms. The molecule has 0 amide bonds. The van der Waals surface area contributed by atoms with Crippen LogP contribution in [0.25, 0.3) is 85.9 Å². The third-order valence-electron chi connectivity index (χ3n) is 11.3. The lowest BCUT2D eigenvalue weighted by Gasteiger charge is -2.10. The highest BCUT2D eigenvalue weighted by Crippen LogP contribution is 2.50. The zero-order chi connectivity index (χ0) is 42.8. The number of aromatic nitrogens is 6. The summed E-state index contributed by atoms with van der Waals surface area (Å²) >= 11 is 5.76. The van der Waals surface area contributed by atoms with Crippen molar-refractivity contribution in [1.82, 2.24) is 29.9 Å². The van der Waals surface area contributed by atoms with Gasteiger partial charge in [0, 0.05) is 54.1 Å². The van der Waals surface area contributed by atoms with Crippen molar-refractivity contribution >= 4 is 34.0 Å². The summed E-state index contributed by atoms with van der Waals surface area (Å²) in [5.41, 5.74) is 12.1. The largest absolute Gasteiger partial charge is 0.255 e. The number of unbranched alkanes of at least 4 members (excludes halogenated alkanes) is 6. The van der Waals surface area contributed by atoms with Crippen LogP contribution in [0.5, 0.6) is 0 Å². The summed E-state index contributed by atoms with van der Waals surface area (Å²) in [5.74, 6) is 0. The molecule has 0 radical (unpaired) electrons. The maximum Gasteiger partial charge on any atom is 0.0900 e. The van der Waals surface area contributed by atoms with E-state index in [2.05, 4.69) is 82.3 Å². The van der Waals surface area contributed by atoms with Gasteiger partial charge in [-0.3, -0.25) is 19.9 Å². The van der Waals surface area contributed by atoms with Gasteiger partial charge in [0.05, 0.1) is 45.6 Å². The number of rotatable bonds is 18. The van der Waals surface area contributed by atoms with Crippen LogP contribution < -0.4 is 0 Å². The van der Waals surface area contributed by atoms with Crippen LogP contribution in [0.2, 0.25) is 0 Å². The van der Waals surface area contributed by atoms with Crippen LogP contribution in [0.15, 0.2) is 146 Å². The lowest BCUT2D eigenvalue weighted by molar-refractivity contribution is 0.653. The van der Waals surface area contributed by atoms with E-state index in [0.29, 0.717) is 0 Å². The first-order chi connectivity index (χ1) is 31.1. The Balaban J connectivity index is 1.14. The van der Waals surface area contributed by atoms with Crippen LogP contribution >= 0.6 is 34.0 Å². The molecule has 63 heavy (non-hydrogen) atoms. The SMILES string of the molecule is CCCCCCc1c(-c2ccc(-c3cc(-c4ccccn4)nc(-c4ccccn4)c3)s2)sc(-c2ccc(-c3cc(-c4ccccn4)nc(-c4ccccn4)c3)s2)c1CCCCCC. The minimum atomic E-state index is 0.843. The van der Waals surface area contributed by atoms with E-state index in [-0.39, 0.29) is 0 Å². The van der Waals surface area contributed by atoms with Crippen LogP contribution in [0.4, 0.5) is 0 Å². The topological polar surface area (TPSA) is 77.3 Å². The Morgan fingerprint density at radius 1 is 0.349 bits per heavy atom. The third kappa shape index (κ3) is 9.97. The Hall–Kier alpha value is -6.00. The molecule has 0 saturated heterocycles. The molecular formula is C54H50N6S3. The molecular weight excluding hydrogens is 829 g/mol. The van der Waals surface area contributed by atoms with Crippen LogP contribution in [0, 0.1) is 0 Å². The summed E-state index contributed by atoms with van der Waals surface area (Å²) in [6.45, 7) is 4.60. The van der Waals surface area contributed by atoms with Gasteiger partial charge in [0.1, 0.15) is 0 Å². The van der Waals surface area contributed by atoms with E-state index in [1.807, 2.05) is 132 Å². The standard InChI is InChI=1S/C54H50N6S3/c1-3-5-7-9-19-39-40(20-10-8-6-4-2)54(52-28-26-50(62-52)38-35-47(43-23-13-17-31-57-43)60-48(36-38)44-24-14-18-32-58-44)63-53(39)51-27-25-49(61-51)37-33-45(41-21-11-15-29-55-41)59-46(34-37)42-22-12-16-30-56-42/h11-18,21-36H,3-10,19-20H2,1-2H3. The molecule has 9 aromatic rings. The average molecular weight is 879 g/mol. The van der Waals surface area contributed by atoms with Crippen LogP contribution in [0.1, 0.15) is 76.3 Å². The average Bonchev–Trinajstić information content (AvgIpc) is 4.13. The molecule has 0 aliphatic heterocycles. The van der Waals surface area contributed by atoms with Crippen molar-refractivity contribution in [1.29, 1.82) is 0 Å². The number of thiophene rings is 3. The van der Waals surface area contributed by atoms with Gasteiger partial charge in [0.15, 0.2) is 0 Å².